The molecule has 0 aliphatic carbocycles. The first kappa shape index (κ1) is 21.7. The number of aromatic nitrogens is 3. The van der Waals surface area contributed by atoms with E-state index in [1.165, 1.54) is 18.8 Å². The van der Waals surface area contributed by atoms with Gasteiger partial charge in [0.25, 0.3) is 0 Å². The molecule has 3 rings (SSSR count). The SMILES string of the molecule is CNS(=O)(=O)c1ccc(CCCNc2cc(-c3cccc(C)c3C)nc(N)n2)nc1. The normalized spacial score (nSPS) is 11.4. The Bertz CT molecular complexity index is 1130. The van der Waals surface area contributed by atoms with Crippen LogP contribution in [0.2, 0.25) is 0 Å². The van der Waals surface area contributed by atoms with Gasteiger partial charge in [0.05, 0.1) is 5.69 Å². The molecule has 0 saturated carbocycles. The lowest BCUT2D eigenvalue weighted by Gasteiger charge is -2.11. The van der Waals surface area contributed by atoms with Gasteiger partial charge in [0.15, 0.2) is 0 Å². The van der Waals surface area contributed by atoms with Crippen LogP contribution >= 0.6 is 0 Å². The minimum Gasteiger partial charge on any atom is -0.370 e. The minimum absolute atomic E-state index is 0.155. The van der Waals surface area contributed by atoms with Crippen molar-refractivity contribution in [2.75, 3.05) is 24.6 Å². The predicted molar refractivity (Wildman–Crippen MR) is 119 cm³/mol. The first-order chi connectivity index (χ1) is 14.3. The lowest BCUT2D eigenvalue weighted by atomic mass is 10.0. The van der Waals surface area contributed by atoms with Crippen molar-refractivity contribution in [2.24, 2.45) is 0 Å². The third-order valence-corrected chi connectivity index (χ3v) is 6.32. The Morgan fingerprint density at radius 2 is 1.90 bits per heavy atom. The Kier molecular flexibility index (Phi) is 6.63. The van der Waals surface area contributed by atoms with E-state index in [9.17, 15) is 8.42 Å². The first-order valence-corrected chi connectivity index (χ1v) is 11.1. The monoisotopic (exact) mass is 426 g/mol. The molecule has 8 nitrogen and oxygen atoms in total. The summed E-state index contributed by atoms with van der Waals surface area (Å²) in [4.78, 5) is 13.0. The molecule has 0 amide bonds. The average molecular weight is 427 g/mol. The highest BCUT2D eigenvalue weighted by Gasteiger charge is 2.11. The van der Waals surface area contributed by atoms with Crippen molar-refractivity contribution in [1.82, 2.24) is 19.7 Å². The summed E-state index contributed by atoms with van der Waals surface area (Å²) in [5.74, 6) is 0.890. The van der Waals surface area contributed by atoms with Crippen molar-refractivity contribution < 1.29 is 8.42 Å². The molecular formula is C21H26N6O2S. The van der Waals surface area contributed by atoms with Gasteiger partial charge in [0.2, 0.25) is 16.0 Å². The van der Waals surface area contributed by atoms with E-state index >= 15 is 0 Å². The van der Waals surface area contributed by atoms with E-state index in [2.05, 4.69) is 44.9 Å². The van der Waals surface area contributed by atoms with Gasteiger partial charge in [-0.3, -0.25) is 4.98 Å². The number of nitrogen functional groups attached to an aromatic ring is 1. The Labute approximate surface area is 177 Å². The number of aryl methyl sites for hydroxylation is 2. The highest BCUT2D eigenvalue weighted by atomic mass is 32.2. The summed E-state index contributed by atoms with van der Waals surface area (Å²) in [6.45, 7) is 4.80. The molecule has 0 aliphatic rings. The maximum Gasteiger partial charge on any atom is 0.241 e. The Morgan fingerprint density at radius 3 is 2.60 bits per heavy atom. The van der Waals surface area contributed by atoms with Crippen LogP contribution in [0, 0.1) is 13.8 Å². The summed E-state index contributed by atoms with van der Waals surface area (Å²) < 4.78 is 25.8. The van der Waals surface area contributed by atoms with Gasteiger partial charge in [-0.1, -0.05) is 18.2 Å². The molecule has 158 valence electrons. The van der Waals surface area contributed by atoms with E-state index in [0.717, 1.165) is 28.9 Å². The molecule has 3 aromatic rings. The van der Waals surface area contributed by atoms with E-state index in [0.29, 0.717) is 18.8 Å². The second-order valence-corrected chi connectivity index (χ2v) is 8.85. The number of hydrogen-bond donors (Lipinski definition) is 3. The first-order valence-electron chi connectivity index (χ1n) is 9.63. The maximum atomic E-state index is 11.7. The summed E-state index contributed by atoms with van der Waals surface area (Å²) in [6.07, 6.45) is 2.88. The zero-order valence-corrected chi connectivity index (χ0v) is 18.1. The number of nitrogens with zero attached hydrogens (tertiary/aromatic N) is 3. The molecule has 0 saturated heterocycles. The van der Waals surface area contributed by atoms with Crippen molar-refractivity contribution in [3.63, 3.8) is 0 Å². The number of nitrogens with one attached hydrogen (secondary N) is 2. The number of benzene rings is 1. The van der Waals surface area contributed by atoms with E-state index in [1.807, 2.05) is 18.2 Å². The number of sulfonamides is 1. The molecule has 2 aromatic heterocycles. The molecule has 9 heteroatoms. The zero-order chi connectivity index (χ0) is 21.7. The largest absolute Gasteiger partial charge is 0.370 e. The van der Waals surface area contributed by atoms with Crippen molar-refractivity contribution >= 4 is 21.8 Å². The summed E-state index contributed by atoms with van der Waals surface area (Å²) >= 11 is 0. The van der Waals surface area contributed by atoms with Gasteiger partial charge in [-0.25, -0.2) is 18.1 Å². The van der Waals surface area contributed by atoms with Crippen molar-refractivity contribution in [2.45, 2.75) is 31.6 Å². The Morgan fingerprint density at radius 1 is 1.10 bits per heavy atom. The fourth-order valence-electron chi connectivity index (χ4n) is 3.04. The highest BCUT2D eigenvalue weighted by molar-refractivity contribution is 7.89. The molecule has 0 radical (unpaired) electrons. The molecule has 0 unspecified atom stereocenters. The van der Waals surface area contributed by atoms with Crippen LogP contribution in [-0.4, -0.2) is 37.0 Å². The molecule has 1 aromatic carbocycles. The van der Waals surface area contributed by atoms with E-state index < -0.39 is 10.0 Å². The molecule has 30 heavy (non-hydrogen) atoms. The van der Waals surface area contributed by atoms with Gasteiger partial charge in [-0.2, -0.15) is 4.98 Å². The zero-order valence-electron chi connectivity index (χ0n) is 17.3. The smallest absolute Gasteiger partial charge is 0.241 e. The molecule has 0 fully saturated rings. The van der Waals surface area contributed by atoms with Gasteiger partial charge in [0.1, 0.15) is 10.7 Å². The van der Waals surface area contributed by atoms with Crippen molar-refractivity contribution in [3.05, 3.63) is 59.4 Å². The van der Waals surface area contributed by atoms with E-state index in [1.54, 1.807) is 12.1 Å². The third kappa shape index (κ3) is 5.11. The van der Waals surface area contributed by atoms with Gasteiger partial charge < -0.3 is 11.1 Å². The third-order valence-electron chi connectivity index (χ3n) is 4.92. The highest BCUT2D eigenvalue weighted by Crippen LogP contribution is 2.26. The summed E-state index contributed by atoms with van der Waals surface area (Å²) in [5, 5.41) is 3.28. The summed E-state index contributed by atoms with van der Waals surface area (Å²) in [7, 11) is -2.09. The molecule has 0 atom stereocenters. The fraction of sp³-hybridized carbons (Fsp3) is 0.286. The van der Waals surface area contributed by atoms with Gasteiger partial charge >= 0.3 is 0 Å². The summed E-state index contributed by atoms with van der Waals surface area (Å²) in [6, 6.07) is 11.3. The molecular weight excluding hydrogens is 400 g/mol. The lowest BCUT2D eigenvalue weighted by Crippen LogP contribution is -2.18. The number of anilines is 2. The van der Waals surface area contributed by atoms with Crippen LogP contribution in [0.4, 0.5) is 11.8 Å². The average Bonchev–Trinajstić information content (AvgIpc) is 2.73. The summed E-state index contributed by atoms with van der Waals surface area (Å²) in [5.41, 5.74) is 10.9. The molecule has 4 N–H and O–H groups in total. The number of hydrogen-bond acceptors (Lipinski definition) is 7. The quantitative estimate of drug-likeness (QED) is 0.473. The molecule has 0 bridgehead atoms. The molecule has 0 spiro atoms. The van der Waals surface area contributed by atoms with E-state index in [4.69, 9.17) is 5.73 Å². The van der Waals surface area contributed by atoms with Crippen LogP contribution in [0.25, 0.3) is 11.3 Å². The predicted octanol–water partition coefficient (Wildman–Crippen LogP) is 2.69. The van der Waals surface area contributed by atoms with Crippen LogP contribution in [-0.2, 0) is 16.4 Å². The molecule has 0 aliphatic heterocycles. The second kappa shape index (κ2) is 9.19. The topological polar surface area (TPSA) is 123 Å². The number of rotatable bonds is 8. The van der Waals surface area contributed by atoms with Crippen molar-refractivity contribution in [3.8, 4) is 11.3 Å². The minimum atomic E-state index is -3.46. The van der Waals surface area contributed by atoms with Crippen LogP contribution in [0.3, 0.4) is 0 Å². The van der Waals surface area contributed by atoms with E-state index in [-0.39, 0.29) is 10.8 Å². The van der Waals surface area contributed by atoms with Crippen molar-refractivity contribution in [1.29, 1.82) is 0 Å². The van der Waals surface area contributed by atoms with Crippen LogP contribution in [0.15, 0.2) is 47.5 Å². The van der Waals surface area contributed by atoms with Crippen LogP contribution < -0.4 is 15.8 Å². The number of pyridine rings is 1. The number of nitrogens with two attached hydrogens (primary N) is 1. The van der Waals surface area contributed by atoms with Crippen LogP contribution in [0.5, 0.6) is 0 Å². The molecule has 2 heterocycles. The van der Waals surface area contributed by atoms with Gasteiger partial charge in [0, 0.05) is 30.1 Å². The van der Waals surface area contributed by atoms with Gasteiger partial charge in [-0.15, -0.1) is 0 Å². The Balaban J connectivity index is 1.62. The van der Waals surface area contributed by atoms with Gasteiger partial charge in [-0.05, 0) is 57.0 Å². The maximum absolute atomic E-state index is 11.7. The Hall–Kier alpha value is -3.04. The fourth-order valence-corrected chi connectivity index (χ4v) is 3.72. The van der Waals surface area contributed by atoms with Crippen LogP contribution in [0.1, 0.15) is 23.2 Å². The standard InChI is InChI=1S/C21H26N6O2S/c1-14-6-4-8-18(15(14)2)19-12-20(27-21(22)26-19)24-11-5-7-16-9-10-17(13-25-16)30(28,29)23-3/h4,6,8-10,12-13,23H,5,7,11H2,1-3H3,(H3,22,24,26,27). The second-order valence-electron chi connectivity index (χ2n) is 6.97. The lowest BCUT2D eigenvalue weighted by molar-refractivity contribution is 0.587.